The number of rotatable bonds is 4. The molecule has 2 aliphatic rings. The van der Waals surface area contributed by atoms with Crippen LogP contribution in [0.15, 0.2) is 29.3 Å². The molecule has 30 heavy (non-hydrogen) atoms. The smallest absolute Gasteiger partial charge is 0.334 e. The first-order valence-electron chi connectivity index (χ1n) is 9.80. The van der Waals surface area contributed by atoms with E-state index in [2.05, 4.69) is 10.6 Å². The number of phenolic OH excluding ortho intramolecular Hbond substituents is 1. The number of hydrogen-bond acceptors (Lipinski definition) is 7. The lowest BCUT2D eigenvalue weighted by molar-refractivity contribution is -0.155. The van der Waals surface area contributed by atoms with Crippen LogP contribution in [0, 0.1) is 0 Å². The second-order valence-electron chi connectivity index (χ2n) is 7.32. The molecule has 9 heteroatoms. The van der Waals surface area contributed by atoms with Gasteiger partial charge < -0.3 is 25.2 Å². The summed E-state index contributed by atoms with van der Waals surface area (Å²) in [5, 5.41) is 15.0. The Balaban J connectivity index is 1.85. The zero-order valence-electron chi connectivity index (χ0n) is 16.8. The van der Waals surface area contributed by atoms with Gasteiger partial charge in [-0.25, -0.2) is 9.59 Å². The number of carbonyl (C=O) groups is 4. The summed E-state index contributed by atoms with van der Waals surface area (Å²) in [5.74, 6) is -2.48. The fourth-order valence-electron chi connectivity index (χ4n) is 3.73. The molecular formula is C21H24N2O7. The van der Waals surface area contributed by atoms with Crippen molar-refractivity contribution < 1.29 is 33.8 Å². The van der Waals surface area contributed by atoms with Gasteiger partial charge in [-0.05, 0) is 57.2 Å². The number of anilines is 1. The van der Waals surface area contributed by atoms with Gasteiger partial charge >= 0.3 is 11.9 Å². The maximum atomic E-state index is 12.8. The number of ether oxygens (including phenoxy) is 2. The fraction of sp³-hybridized carbons (Fsp3) is 0.429. The number of hydrogen-bond donors (Lipinski definition) is 3. The molecule has 0 radical (unpaired) electrons. The summed E-state index contributed by atoms with van der Waals surface area (Å²) < 4.78 is 11.0. The van der Waals surface area contributed by atoms with E-state index in [1.807, 2.05) is 0 Å². The molecule has 0 saturated carbocycles. The van der Waals surface area contributed by atoms with E-state index in [-0.39, 0.29) is 11.3 Å². The third-order valence-corrected chi connectivity index (χ3v) is 5.34. The van der Waals surface area contributed by atoms with Crippen LogP contribution in [0.2, 0.25) is 0 Å². The first-order valence-corrected chi connectivity index (χ1v) is 9.80. The highest BCUT2D eigenvalue weighted by Crippen LogP contribution is 2.31. The molecule has 9 nitrogen and oxygen atoms in total. The van der Waals surface area contributed by atoms with Gasteiger partial charge in [-0.15, -0.1) is 0 Å². The van der Waals surface area contributed by atoms with Crippen LogP contribution >= 0.6 is 0 Å². The minimum Gasteiger partial charge on any atom is -0.505 e. The second-order valence-corrected chi connectivity index (χ2v) is 7.32. The van der Waals surface area contributed by atoms with Gasteiger partial charge in [0.25, 0.3) is 5.91 Å². The molecule has 1 aliphatic carbocycles. The lowest BCUT2D eigenvalue weighted by Crippen LogP contribution is -2.50. The zero-order chi connectivity index (χ0) is 21.8. The summed E-state index contributed by atoms with van der Waals surface area (Å²) in [6.45, 7) is 3.19. The zero-order valence-corrected chi connectivity index (χ0v) is 16.8. The van der Waals surface area contributed by atoms with Crippen molar-refractivity contribution in [1.82, 2.24) is 5.32 Å². The standard InChI is InChI=1S/C21H24N2O7/c1-11-13-6-3-4-7-14(13)20(27)30-12(2)17(21(28)29-11)23-19(26)15-8-5-9-16(18(15)25)22-10-24/h5,8-12,17,25H,3-4,6-7H2,1-2H3,(H,22,24)(H,23,26). The molecule has 1 aliphatic heterocycles. The maximum Gasteiger partial charge on any atom is 0.334 e. The van der Waals surface area contributed by atoms with E-state index in [4.69, 9.17) is 9.47 Å². The van der Waals surface area contributed by atoms with Gasteiger partial charge in [0.1, 0.15) is 12.2 Å². The van der Waals surface area contributed by atoms with Crippen LogP contribution in [-0.4, -0.2) is 47.6 Å². The molecule has 1 aromatic carbocycles. The monoisotopic (exact) mass is 416 g/mol. The van der Waals surface area contributed by atoms with Crippen LogP contribution in [0.5, 0.6) is 5.75 Å². The molecule has 1 heterocycles. The predicted octanol–water partition coefficient (Wildman–Crippen LogP) is 1.81. The lowest BCUT2D eigenvalue weighted by atomic mass is 9.89. The molecule has 0 fully saturated rings. The highest BCUT2D eigenvalue weighted by molar-refractivity contribution is 6.01. The van der Waals surface area contributed by atoms with E-state index in [1.165, 1.54) is 25.1 Å². The molecule has 0 spiro atoms. The number of esters is 2. The van der Waals surface area contributed by atoms with Crippen LogP contribution < -0.4 is 10.6 Å². The Morgan fingerprint density at radius 3 is 2.63 bits per heavy atom. The van der Waals surface area contributed by atoms with Crippen LogP contribution in [0.4, 0.5) is 5.69 Å². The Bertz CT molecular complexity index is 909. The lowest BCUT2D eigenvalue weighted by Gasteiger charge is -2.24. The molecule has 3 N–H and O–H groups in total. The van der Waals surface area contributed by atoms with Crippen LogP contribution in [0.25, 0.3) is 0 Å². The summed E-state index contributed by atoms with van der Waals surface area (Å²) in [5.41, 5.74) is 1.17. The summed E-state index contributed by atoms with van der Waals surface area (Å²) in [6, 6.07) is 2.94. The maximum absolute atomic E-state index is 12.8. The first kappa shape index (κ1) is 21.4. The number of phenols is 1. The van der Waals surface area contributed by atoms with Crippen molar-refractivity contribution in [2.75, 3.05) is 5.32 Å². The third-order valence-electron chi connectivity index (χ3n) is 5.34. The number of carbonyl (C=O) groups excluding carboxylic acids is 4. The average Bonchev–Trinajstić information content (AvgIpc) is 2.75. The van der Waals surface area contributed by atoms with E-state index in [0.717, 1.165) is 18.4 Å². The van der Waals surface area contributed by atoms with Crippen molar-refractivity contribution in [2.24, 2.45) is 0 Å². The predicted molar refractivity (Wildman–Crippen MR) is 106 cm³/mol. The van der Waals surface area contributed by atoms with Gasteiger partial charge in [-0.2, -0.15) is 0 Å². The van der Waals surface area contributed by atoms with Crippen LogP contribution in [0.3, 0.4) is 0 Å². The quantitative estimate of drug-likeness (QED) is 0.387. The number of aromatic hydroxyl groups is 1. The third kappa shape index (κ3) is 4.29. The average molecular weight is 416 g/mol. The van der Waals surface area contributed by atoms with E-state index in [0.29, 0.717) is 24.8 Å². The Morgan fingerprint density at radius 1 is 1.17 bits per heavy atom. The van der Waals surface area contributed by atoms with Gasteiger partial charge in [0.15, 0.2) is 11.8 Å². The highest BCUT2D eigenvalue weighted by atomic mass is 16.6. The van der Waals surface area contributed by atoms with E-state index in [9.17, 15) is 24.3 Å². The molecule has 0 aromatic heterocycles. The molecule has 0 bridgehead atoms. The molecule has 2 amide bonds. The summed E-state index contributed by atoms with van der Waals surface area (Å²) in [7, 11) is 0. The van der Waals surface area contributed by atoms with Gasteiger partial charge in [-0.1, -0.05) is 6.07 Å². The molecule has 3 rings (SSSR count). The molecule has 3 unspecified atom stereocenters. The minimum absolute atomic E-state index is 0.0414. The van der Waals surface area contributed by atoms with Crippen LogP contribution in [-0.2, 0) is 23.9 Å². The first-order chi connectivity index (χ1) is 14.3. The van der Waals surface area contributed by atoms with Gasteiger partial charge in [0.2, 0.25) is 6.41 Å². The van der Waals surface area contributed by atoms with E-state index < -0.39 is 41.8 Å². The summed E-state index contributed by atoms with van der Waals surface area (Å²) in [4.78, 5) is 48.8. The SMILES string of the molecule is CC1OC(=O)C(NC(=O)c2cccc(NC=O)c2O)C(C)OC(=O)C2=C1CCCC2. The Hall–Kier alpha value is -3.36. The molecule has 0 saturated heterocycles. The van der Waals surface area contributed by atoms with Crippen molar-refractivity contribution >= 4 is 29.9 Å². The topological polar surface area (TPSA) is 131 Å². The Kier molecular flexibility index (Phi) is 6.39. The second kappa shape index (κ2) is 8.98. The molecule has 3 atom stereocenters. The molecular weight excluding hydrogens is 392 g/mol. The van der Waals surface area contributed by atoms with Crippen molar-refractivity contribution in [1.29, 1.82) is 0 Å². The number of para-hydroxylation sites is 1. The van der Waals surface area contributed by atoms with Gasteiger partial charge in [0, 0.05) is 5.57 Å². The Labute approximate surface area is 173 Å². The normalized spacial score (nSPS) is 24.4. The number of amides is 2. The Morgan fingerprint density at radius 2 is 1.90 bits per heavy atom. The van der Waals surface area contributed by atoms with Crippen molar-refractivity contribution in [3.63, 3.8) is 0 Å². The van der Waals surface area contributed by atoms with E-state index in [1.54, 1.807) is 6.92 Å². The number of cyclic esters (lactones) is 2. The van der Waals surface area contributed by atoms with Crippen molar-refractivity contribution in [3.05, 3.63) is 34.9 Å². The van der Waals surface area contributed by atoms with Gasteiger partial charge in [-0.3, -0.25) is 9.59 Å². The fourth-order valence-corrected chi connectivity index (χ4v) is 3.73. The molecule has 160 valence electrons. The largest absolute Gasteiger partial charge is 0.505 e. The van der Waals surface area contributed by atoms with Gasteiger partial charge in [0.05, 0.1) is 11.3 Å². The summed E-state index contributed by atoms with van der Waals surface area (Å²) in [6.07, 6.45) is 1.72. The van der Waals surface area contributed by atoms with E-state index >= 15 is 0 Å². The number of benzene rings is 1. The highest BCUT2D eigenvalue weighted by Gasteiger charge is 2.37. The molecule has 1 aromatic rings. The van der Waals surface area contributed by atoms with Crippen molar-refractivity contribution in [2.45, 2.75) is 57.8 Å². The van der Waals surface area contributed by atoms with Crippen molar-refractivity contribution in [3.8, 4) is 5.75 Å². The summed E-state index contributed by atoms with van der Waals surface area (Å²) >= 11 is 0. The number of nitrogens with one attached hydrogen (secondary N) is 2. The van der Waals surface area contributed by atoms with Crippen LogP contribution in [0.1, 0.15) is 49.9 Å². The minimum atomic E-state index is -1.27.